The molecule has 3 rings (SSSR count). The van der Waals surface area contributed by atoms with Gasteiger partial charge in [0.05, 0.1) is 0 Å². The van der Waals surface area contributed by atoms with Crippen LogP contribution in [0.3, 0.4) is 0 Å². The third-order valence-corrected chi connectivity index (χ3v) is 5.41. The number of likely N-dealkylation sites (tertiary alicyclic amines) is 1. The van der Waals surface area contributed by atoms with Crippen LogP contribution in [0, 0.1) is 5.92 Å². The number of rotatable bonds is 5. The van der Waals surface area contributed by atoms with Crippen LogP contribution in [0.2, 0.25) is 0 Å². The third kappa shape index (κ3) is 4.00. The first kappa shape index (κ1) is 19.9. The van der Waals surface area contributed by atoms with E-state index in [1.165, 1.54) is 0 Å². The van der Waals surface area contributed by atoms with Gasteiger partial charge < -0.3 is 15.0 Å². The number of ether oxygens (including phenoxy) is 1. The highest BCUT2D eigenvalue weighted by Gasteiger charge is 2.49. The molecule has 8 nitrogen and oxygen atoms in total. The van der Waals surface area contributed by atoms with Gasteiger partial charge in [0.1, 0.15) is 12.1 Å². The minimum absolute atomic E-state index is 0.258. The molecule has 4 amide bonds. The number of esters is 1. The predicted molar refractivity (Wildman–Crippen MR) is 100.0 cm³/mol. The molecule has 1 N–H and O–H groups in total. The molecule has 2 aliphatic heterocycles. The molecule has 1 aromatic carbocycles. The number of benzene rings is 1. The molecule has 1 aromatic rings. The van der Waals surface area contributed by atoms with Crippen LogP contribution in [0.5, 0.6) is 0 Å². The fourth-order valence-corrected chi connectivity index (χ4v) is 3.47. The summed E-state index contributed by atoms with van der Waals surface area (Å²) >= 11 is 0. The molecule has 0 unspecified atom stereocenters. The molecule has 1 atom stereocenters. The summed E-state index contributed by atoms with van der Waals surface area (Å²) in [6, 6.07) is 8.15. The van der Waals surface area contributed by atoms with Gasteiger partial charge in [-0.25, -0.2) is 4.79 Å². The second kappa shape index (κ2) is 8.00. The molecule has 150 valence electrons. The van der Waals surface area contributed by atoms with Crippen LogP contribution >= 0.6 is 0 Å². The van der Waals surface area contributed by atoms with Gasteiger partial charge >= 0.3 is 12.0 Å². The Balaban J connectivity index is 1.55. The molecule has 2 heterocycles. The van der Waals surface area contributed by atoms with E-state index in [1.807, 2.05) is 6.07 Å². The average molecular weight is 387 g/mol. The summed E-state index contributed by atoms with van der Waals surface area (Å²) in [4.78, 5) is 51.7. The SMILES string of the molecule is CC1CCN(C(=O)COC(=O)CN2C(=O)N[C@](C)(c3ccccc3)C2=O)CC1. The monoisotopic (exact) mass is 387 g/mol. The molecule has 0 saturated carbocycles. The maximum Gasteiger partial charge on any atom is 0.326 e. The molecular formula is C20H25N3O5. The van der Waals surface area contributed by atoms with Crippen molar-refractivity contribution in [3.8, 4) is 0 Å². The van der Waals surface area contributed by atoms with Crippen LogP contribution in [-0.2, 0) is 24.7 Å². The van der Waals surface area contributed by atoms with Gasteiger partial charge in [0.25, 0.3) is 11.8 Å². The highest BCUT2D eigenvalue weighted by Crippen LogP contribution is 2.28. The van der Waals surface area contributed by atoms with Gasteiger partial charge in [-0.05, 0) is 31.2 Å². The Morgan fingerprint density at radius 3 is 2.46 bits per heavy atom. The number of urea groups is 1. The van der Waals surface area contributed by atoms with Gasteiger partial charge in [0, 0.05) is 13.1 Å². The van der Waals surface area contributed by atoms with E-state index in [0.29, 0.717) is 24.6 Å². The summed E-state index contributed by atoms with van der Waals surface area (Å²) in [7, 11) is 0. The Bertz CT molecular complexity index is 773. The zero-order valence-corrected chi connectivity index (χ0v) is 16.1. The summed E-state index contributed by atoms with van der Waals surface area (Å²) in [6.07, 6.45) is 1.86. The van der Waals surface area contributed by atoms with Crippen LogP contribution in [0.1, 0.15) is 32.3 Å². The van der Waals surface area contributed by atoms with Gasteiger partial charge in [-0.1, -0.05) is 37.3 Å². The van der Waals surface area contributed by atoms with Crippen LogP contribution in [0.4, 0.5) is 4.79 Å². The first-order valence-electron chi connectivity index (χ1n) is 9.44. The Morgan fingerprint density at radius 2 is 1.82 bits per heavy atom. The number of amides is 4. The average Bonchev–Trinajstić information content (AvgIpc) is 2.91. The Hall–Kier alpha value is -2.90. The molecule has 28 heavy (non-hydrogen) atoms. The number of imide groups is 1. The number of nitrogens with zero attached hydrogens (tertiary/aromatic N) is 2. The van der Waals surface area contributed by atoms with E-state index in [4.69, 9.17) is 4.74 Å². The number of carbonyl (C=O) groups is 4. The summed E-state index contributed by atoms with van der Waals surface area (Å²) in [5.74, 6) is -0.992. The Kier molecular flexibility index (Phi) is 5.67. The zero-order valence-electron chi connectivity index (χ0n) is 16.1. The van der Waals surface area contributed by atoms with Crippen molar-refractivity contribution >= 4 is 23.8 Å². The quantitative estimate of drug-likeness (QED) is 0.606. The highest BCUT2D eigenvalue weighted by atomic mass is 16.5. The van der Waals surface area contributed by atoms with E-state index >= 15 is 0 Å². The van der Waals surface area contributed by atoms with Gasteiger partial charge in [-0.3, -0.25) is 19.3 Å². The van der Waals surface area contributed by atoms with E-state index in [0.717, 1.165) is 17.7 Å². The number of nitrogens with one attached hydrogen (secondary N) is 1. The van der Waals surface area contributed by atoms with E-state index < -0.39 is 30.0 Å². The topological polar surface area (TPSA) is 96.0 Å². The van der Waals surface area contributed by atoms with Crippen molar-refractivity contribution in [2.45, 2.75) is 32.2 Å². The maximum absolute atomic E-state index is 12.7. The molecule has 0 bridgehead atoms. The lowest BCUT2D eigenvalue weighted by Gasteiger charge is -2.30. The zero-order chi connectivity index (χ0) is 20.3. The van der Waals surface area contributed by atoms with Crippen molar-refractivity contribution in [2.75, 3.05) is 26.2 Å². The van der Waals surface area contributed by atoms with Crippen LogP contribution in [-0.4, -0.2) is 59.9 Å². The summed E-state index contributed by atoms with van der Waals surface area (Å²) in [5.41, 5.74) is -0.613. The van der Waals surface area contributed by atoms with E-state index in [9.17, 15) is 19.2 Å². The number of hydrogen-bond acceptors (Lipinski definition) is 5. The van der Waals surface area contributed by atoms with Gasteiger partial charge in [-0.15, -0.1) is 0 Å². The molecule has 8 heteroatoms. The Morgan fingerprint density at radius 1 is 1.18 bits per heavy atom. The van der Waals surface area contributed by atoms with Crippen LogP contribution in [0.25, 0.3) is 0 Å². The van der Waals surface area contributed by atoms with E-state index in [-0.39, 0.29) is 12.5 Å². The second-order valence-electron chi connectivity index (χ2n) is 7.54. The molecule has 2 saturated heterocycles. The first-order chi connectivity index (χ1) is 13.3. The molecule has 0 radical (unpaired) electrons. The highest BCUT2D eigenvalue weighted by molar-refractivity contribution is 6.08. The second-order valence-corrected chi connectivity index (χ2v) is 7.54. The fraction of sp³-hybridized carbons (Fsp3) is 0.500. The van der Waals surface area contributed by atoms with Gasteiger partial charge in [0.15, 0.2) is 6.61 Å². The minimum Gasteiger partial charge on any atom is -0.454 e. The number of piperidine rings is 1. The Labute approximate surface area is 163 Å². The molecule has 0 aromatic heterocycles. The summed E-state index contributed by atoms with van der Waals surface area (Å²) in [6.45, 7) is 4.13. The molecule has 2 fully saturated rings. The lowest BCUT2D eigenvalue weighted by molar-refractivity contribution is -0.154. The smallest absolute Gasteiger partial charge is 0.326 e. The van der Waals surface area contributed by atoms with E-state index in [2.05, 4.69) is 12.2 Å². The molecule has 0 spiro atoms. The van der Waals surface area contributed by atoms with Crippen molar-refractivity contribution in [3.63, 3.8) is 0 Å². The lowest BCUT2D eigenvalue weighted by Crippen LogP contribution is -2.42. The van der Waals surface area contributed by atoms with Gasteiger partial charge in [-0.2, -0.15) is 0 Å². The normalized spacial score (nSPS) is 22.9. The fourth-order valence-electron chi connectivity index (χ4n) is 3.47. The van der Waals surface area contributed by atoms with Crippen molar-refractivity contribution in [1.29, 1.82) is 0 Å². The van der Waals surface area contributed by atoms with Gasteiger partial charge in [0.2, 0.25) is 0 Å². The maximum atomic E-state index is 12.7. The molecular weight excluding hydrogens is 362 g/mol. The molecule has 2 aliphatic rings. The summed E-state index contributed by atoms with van der Waals surface area (Å²) in [5, 5.41) is 2.63. The standard InChI is InChI=1S/C20H25N3O5/c1-14-8-10-22(11-9-14)16(24)13-28-17(25)12-23-18(26)20(2,21-19(23)27)15-6-4-3-5-7-15/h3-7,14H,8-13H2,1-2H3,(H,21,27)/t20-/m1/s1. The lowest BCUT2D eigenvalue weighted by atomic mass is 9.92. The van der Waals surface area contributed by atoms with Crippen molar-refractivity contribution < 1.29 is 23.9 Å². The molecule has 0 aliphatic carbocycles. The van der Waals surface area contributed by atoms with Crippen LogP contribution in [0.15, 0.2) is 30.3 Å². The van der Waals surface area contributed by atoms with Crippen LogP contribution < -0.4 is 5.32 Å². The largest absolute Gasteiger partial charge is 0.454 e. The van der Waals surface area contributed by atoms with Crippen molar-refractivity contribution in [3.05, 3.63) is 35.9 Å². The number of hydrogen-bond donors (Lipinski definition) is 1. The minimum atomic E-state index is -1.24. The van der Waals surface area contributed by atoms with Crippen molar-refractivity contribution in [2.24, 2.45) is 5.92 Å². The number of carbonyl (C=O) groups excluding carboxylic acids is 4. The summed E-state index contributed by atoms with van der Waals surface area (Å²) < 4.78 is 5.01. The van der Waals surface area contributed by atoms with E-state index in [1.54, 1.807) is 36.1 Å². The third-order valence-electron chi connectivity index (χ3n) is 5.41. The van der Waals surface area contributed by atoms with Crippen molar-refractivity contribution in [1.82, 2.24) is 15.1 Å². The predicted octanol–water partition coefficient (Wildman–Crippen LogP) is 1.26. The first-order valence-corrected chi connectivity index (χ1v) is 9.44.